The molecule has 0 amide bonds. The van der Waals surface area contributed by atoms with Crippen LogP contribution in [0.1, 0.15) is 41.5 Å². The summed E-state index contributed by atoms with van der Waals surface area (Å²) in [5.41, 5.74) is 0. The Kier molecular flexibility index (Phi) is 192. The minimum absolute atomic E-state index is 0.211. The Labute approximate surface area is 90.7 Å². The lowest BCUT2D eigenvalue weighted by Crippen LogP contribution is -1.95. The fourth-order valence-electron chi connectivity index (χ4n) is 0.203. The maximum atomic E-state index is 9.82. The van der Waals surface area contributed by atoms with Gasteiger partial charge in [0.15, 0.2) is 0 Å². The van der Waals surface area contributed by atoms with Crippen LogP contribution in [-0.4, -0.2) is 12.6 Å². The Hall–Kier alpha value is -1.05. The van der Waals surface area contributed by atoms with Crippen molar-refractivity contribution in [3.05, 3.63) is 26.3 Å². The molecule has 0 fully saturated rings. The molecule has 0 aliphatic rings. The second kappa shape index (κ2) is 91.8. The summed E-state index contributed by atoms with van der Waals surface area (Å²) in [5.74, 6) is -0.211. The van der Waals surface area contributed by atoms with Gasteiger partial charge in [-0.15, -0.1) is 26.3 Å². The third kappa shape index (κ3) is 285. The van der Waals surface area contributed by atoms with E-state index in [2.05, 4.69) is 31.1 Å². The standard InChI is InChI=1S/C4H8O2.2C2H6.2C2H4/c1-3-6-4(2)5;4*1-2/h3H2,1-2H3;2*1-2H3;2*1-2H2. The van der Waals surface area contributed by atoms with E-state index in [0.717, 1.165) is 0 Å². The summed E-state index contributed by atoms with van der Waals surface area (Å²) in [6.07, 6.45) is 0. The molecule has 0 aromatic carbocycles. The Morgan fingerprint density at radius 3 is 1.21 bits per heavy atom. The van der Waals surface area contributed by atoms with Gasteiger partial charge in [0.2, 0.25) is 0 Å². The van der Waals surface area contributed by atoms with E-state index in [9.17, 15) is 4.79 Å². The molecule has 2 nitrogen and oxygen atoms in total. The molecule has 0 radical (unpaired) electrons. The summed E-state index contributed by atoms with van der Waals surface area (Å²) in [4.78, 5) is 9.82. The van der Waals surface area contributed by atoms with Crippen LogP contribution in [0, 0.1) is 0 Å². The molecular weight excluding hydrogens is 176 g/mol. The molecule has 14 heavy (non-hydrogen) atoms. The highest BCUT2D eigenvalue weighted by molar-refractivity contribution is 5.65. The largest absolute Gasteiger partial charge is 0.466 e. The van der Waals surface area contributed by atoms with Crippen molar-refractivity contribution in [3.8, 4) is 0 Å². The van der Waals surface area contributed by atoms with E-state index in [0.29, 0.717) is 6.61 Å². The number of ether oxygens (including phenoxy) is 1. The van der Waals surface area contributed by atoms with Gasteiger partial charge in [0.05, 0.1) is 6.61 Å². The van der Waals surface area contributed by atoms with Crippen molar-refractivity contribution in [2.75, 3.05) is 6.61 Å². The van der Waals surface area contributed by atoms with Crippen LogP contribution in [0.5, 0.6) is 0 Å². The summed E-state index contributed by atoms with van der Waals surface area (Å²) in [6.45, 7) is 23.7. The van der Waals surface area contributed by atoms with Gasteiger partial charge in [-0.3, -0.25) is 4.79 Å². The van der Waals surface area contributed by atoms with Crippen molar-refractivity contribution in [2.45, 2.75) is 41.5 Å². The lowest BCUT2D eigenvalue weighted by Gasteiger charge is -1.89. The highest BCUT2D eigenvalue weighted by Gasteiger charge is 1.81. The highest BCUT2D eigenvalue weighted by atomic mass is 16.5. The Bertz CT molecular complexity index is 68.7. The Morgan fingerprint density at radius 2 is 1.21 bits per heavy atom. The Balaban J connectivity index is -0.0000000287. The summed E-state index contributed by atoms with van der Waals surface area (Å²) in [7, 11) is 0. The van der Waals surface area contributed by atoms with Crippen molar-refractivity contribution < 1.29 is 9.53 Å². The van der Waals surface area contributed by atoms with E-state index in [1.54, 1.807) is 6.92 Å². The van der Waals surface area contributed by atoms with E-state index < -0.39 is 0 Å². The zero-order valence-electron chi connectivity index (χ0n) is 10.9. The van der Waals surface area contributed by atoms with Crippen LogP contribution in [0.3, 0.4) is 0 Å². The van der Waals surface area contributed by atoms with Gasteiger partial charge in [0, 0.05) is 6.92 Å². The molecule has 0 unspecified atom stereocenters. The number of carbonyl (C=O) groups is 1. The predicted octanol–water partition coefficient (Wildman–Crippen LogP) is 4.23. The molecule has 0 aliphatic heterocycles. The molecule has 0 aliphatic carbocycles. The first kappa shape index (κ1) is 29.3. The second-order valence-corrected chi connectivity index (χ2v) is 0.925. The minimum Gasteiger partial charge on any atom is -0.466 e. The van der Waals surface area contributed by atoms with Crippen molar-refractivity contribution in [3.63, 3.8) is 0 Å². The Morgan fingerprint density at radius 1 is 1.00 bits per heavy atom. The van der Waals surface area contributed by atoms with Crippen LogP contribution in [0.25, 0.3) is 0 Å². The fraction of sp³-hybridized carbons (Fsp3) is 0.583. The number of carbonyl (C=O) groups excluding carboxylic acids is 1. The monoisotopic (exact) mass is 204 g/mol. The number of hydrogen-bond donors (Lipinski definition) is 0. The molecule has 88 valence electrons. The molecule has 0 aromatic heterocycles. The summed E-state index contributed by atoms with van der Waals surface area (Å²) in [5, 5.41) is 0. The van der Waals surface area contributed by atoms with Gasteiger partial charge in [-0.1, -0.05) is 27.7 Å². The molecule has 0 bridgehead atoms. The number of esters is 1. The molecule has 0 aromatic rings. The van der Waals surface area contributed by atoms with Gasteiger partial charge in [-0.05, 0) is 6.92 Å². The highest BCUT2D eigenvalue weighted by Crippen LogP contribution is 1.69. The smallest absolute Gasteiger partial charge is 0.302 e. The SMILES string of the molecule is C=C.C=C.CC.CC.CCOC(C)=O. The van der Waals surface area contributed by atoms with Gasteiger partial charge in [-0.25, -0.2) is 0 Å². The van der Waals surface area contributed by atoms with Crippen LogP contribution in [0.15, 0.2) is 26.3 Å². The zero-order chi connectivity index (χ0) is 13.0. The lowest BCUT2D eigenvalue weighted by atomic mass is 10.8. The van der Waals surface area contributed by atoms with Gasteiger partial charge in [-0.2, -0.15) is 0 Å². The first-order valence-electron chi connectivity index (χ1n) is 4.90. The normalized spacial score (nSPS) is 4.71. The molecule has 0 saturated heterocycles. The van der Waals surface area contributed by atoms with E-state index in [4.69, 9.17) is 0 Å². The average molecular weight is 204 g/mol. The van der Waals surface area contributed by atoms with Gasteiger partial charge in [0.25, 0.3) is 0 Å². The molecule has 0 atom stereocenters. The van der Waals surface area contributed by atoms with Crippen molar-refractivity contribution in [1.82, 2.24) is 0 Å². The van der Waals surface area contributed by atoms with Crippen LogP contribution in [0.4, 0.5) is 0 Å². The number of hydrogen-bond acceptors (Lipinski definition) is 2. The van der Waals surface area contributed by atoms with Crippen LogP contribution in [-0.2, 0) is 9.53 Å². The van der Waals surface area contributed by atoms with Crippen molar-refractivity contribution in [1.29, 1.82) is 0 Å². The number of rotatable bonds is 1. The topological polar surface area (TPSA) is 26.3 Å². The van der Waals surface area contributed by atoms with Crippen LogP contribution in [0.2, 0.25) is 0 Å². The maximum Gasteiger partial charge on any atom is 0.302 e. The van der Waals surface area contributed by atoms with Crippen LogP contribution >= 0.6 is 0 Å². The second-order valence-electron chi connectivity index (χ2n) is 0.925. The summed E-state index contributed by atoms with van der Waals surface area (Å²) < 4.78 is 4.40. The van der Waals surface area contributed by atoms with Crippen LogP contribution < -0.4 is 0 Å². The first-order chi connectivity index (χ1) is 6.77. The van der Waals surface area contributed by atoms with Crippen molar-refractivity contribution >= 4 is 5.97 Å². The third-order valence-electron chi connectivity index (χ3n) is 0.348. The summed E-state index contributed by atoms with van der Waals surface area (Å²) in [6, 6.07) is 0. The molecule has 0 saturated carbocycles. The molecule has 0 rings (SSSR count). The molecular formula is C12H28O2. The van der Waals surface area contributed by atoms with Gasteiger partial charge in [0.1, 0.15) is 0 Å². The maximum absolute atomic E-state index is 9.82. The lowest BCUT2D eigenvalue weighted by molar-refractivity contribution is -0.140. The molecule has 0 N–H and O–H groups in total. The molecule has 0 heterocycles. The van der Waals surface area contributed by atoms with Gasteiger partial charge < -0.3 is 4.74 Å². The van der Waals surface area contributed by atoms with E-state index in [-0.39, 0.29) is 5.97 Å². The van der Waals surface area contributed by atoms with Crippen molar-refractivity contribution in [2.24, 2.45) is 0 Å². The van der Waals surface area contributed by atoms with E-state index in [1.807, 2.05) is 27.7 Å². The van der Waals surface area contributed by atoms with E-state index >= 15 is 0 Å². The zero-order valence-corrected chi connectivity index (χ0v) is 10.9. The minimum atomic E-state index is -0.211. The fourth-order valence-corrected chi connectivity index (χ4v) is 0.203. The molecule has 0 spiro atoms. The third-order valence-corrected chi connectivity index (χ3v) is 0.348. The first-order valence-corrected chi connectivity index (χ1v) is 4.90. The van der Waals surface area contributed by atoms with E-state index in [1.165, 1.54) is 6.92 Å². The van der Waals surface area contributed by atoms with Gasteiger partial charge >= 0.3 is 5.97 Å². The predicted molar refractivity (Wildman–Crippen MR) is 67.5 cm³/mol. The quantitative estimate of drug-likeness (QED) is 0.472. The average Bonchev–Trinajstić information content (AvgIpc) is 2.29. The molecule has 2 heteroatoms. The summed E-state index contributed by atoms with van der Waals surface area (Å²) >= 11 is 0.